The number of fused-ring (bicyclic) bond motifs is 8. The Labute approximate surface area is 449 Å². The molecule has 7 aromatic rings. The molecule has 75 heavy (non-hydrogen) atoms. The first-order valence-corrected chi connectivity index (χ1v) is 28.3. The first kappa shape index (κ1) is 49.8. The number of anilines is 8. The van der Waals surface area contributed by atoms with Gasteiger partial charge in [-0.3, -0.25) is 0 Å². The zero-order valence-corrected chi connectivity index (χ0v) is 47.7. The van der Waals surface area contributed by atoms with Crippen LogP contribution in [0.3, 0.4) is 0 Å². The van der Waals surface area contributed by atoms with Gasteiger partial charge < -0.3 is 14.7 Å². The summed E-state index contributed by atoms with van der Waals surface area (Å²) in [6.45, 7) is 35.7. The van der Waals surface area contributed by atoms with E-state index in [0.29, 0.717) is 11.8 Å². The molecule has 0 bridgehead atoms. The molecule has 3 atom stereocenters. The van der Waals surface area contributed by atoms with Gasteiger partial charge >= 0.3 is 0 Å². The zero-order valence-electron chi connectivity index (χ0n) is 47.7. The highest BCUT2D eigenvalue weighted by Crippen LogP contribution is 2.63. The van der Waals surface area contributed by atoms with Crippen LogP contribution in [0.2, 0.25) is 0 Å². The molecule has 5 heteroatoms. The third-order valence-electron chi connectivity index (χ3n) is 19.4. The molecule has 3 unspecified atom stereocenters. The van der Waals surface area contributed by atoms with E-state index in [9.17, 15) is 0 Å². The lowest BCUT2D eigenvalue weighted by Gasteiger charge is -2.48. The normalized spacial score (nSPS) is 21.4. The van der Waals surface area contributed by atoms with Crippen molar-refractivity contribution in [2.45, 2.75) is 174 Å². The molecule has 0 amide bonds. The fraction of sp³-hybridized carbons (Fsp3) is 0.400. The van der Waals surface area contributed by atoms with E-state index in [2.05, 4.69) is 240 Å². The Hall–Kier alpha value is -6.07. The number of halogens is 1. The van der Waals surface area contributed by atoms with Crippen molar-refractivity contribution >= 4 is 68.6 Å². The Morgan fingerprint density at radius 1 is 0.533 bits per heavy atom. The molecule has 0 radical (unpaired) electrons. The highest BCUT2D eigenvalue weighted by atomic mass is 19.1. The van der Waals surface area contributed by atoms with Gasteiger partial charge in [0, 0.05) is 50.8 Å². The molecule has 3 heterocycles. The second-order valence-electron chi connectivity index (χ2n) is 27.9. The third kappa shape index (κ3) is 7.54. The molecule has 1 fully saturated rings. The van der Waals surface area contributed by atoms with Crippen LogP contribution >= 0.6 is 0 Å². The number of benzene rings is 7. The quantitative estimate of drug-likeness (QED) is 0.159. The lowest BCUT2D eigenvalue weighted by atomic mass is 9.33. The molecule has 384 valence electrons. The van der Waals surface area contributed by atoms with Crippen molar-refractivity contribution in [3.63, 3.8) is 0 Å². The van der Waals surface area contributed by atoms with Gasteiger partial charge in [0.05, 0.1) is 11.2 Å². The summed E-state index contributed by atoms with van der Waals surface area (Å²) in [6, 6.07) is 51.3. The van der Waals surface area contributed by atoms with Crippen LogP contribution in [0.1, 0.15) is 175 Å². The Bertz CT molecular complexity index is 3440. The van der Waals surface area contributed by atoms with E-state index in [-0.39, 0.29) is 45.1 Å². The third-order valence-corrected chi connectivity index (χ3v) is 19.4. The van der Waals surface area contributed by atoms with Crippen LogP contribution in [0.15, 0.2) is 133 Å². The monoisotopic (exact) mass is 992 g/mol. The van der Waals surface area contributed by atoms with Gasteiger partial charge in [-0.1, -0.05) is 170 Å². The molecule has 5 aliphatic rings. The second-order valence-corrected chi connectivity index (χ2v) is 27.9. The minimum atomic E-state index is -0.285. The maximum Gasteiger partial charge on any atom is 0.252 e. The standard InChI is InChI=1S/C70H79BFN3/c1-43(2)51-32-35-68(12,13)54-42-57-61(41-53(51)54)74(58-29-24-46(66(6,7)8)36-52(58)44-20-17-16-18-21-44)63-40-50(75-59-31-26-48(72)38-55(59)69(14)33-19-34-70(69,75)15)39-62-64(63)71(57)56-37-47(67(9,10)11)25-30-60(56)73(62)49-27-22-45(23-28-49)65(3,4)5/h16-18,20-31,36-43,51H,19,32-35H2,1-15H3. The van der Waals surface area contributed by atoms with Crippen molar-refractivity contribution < 1.29 is 4.39 Å². The fourth-order valence-corrected chi connectivity index (χ4v) is 14.7. The Morgan fingerprint density at radius 3 is 1.79 bits per heavy atom. The molecule has 12 rings (SSSR count). The lowest BCUT2D eigenvalue weighted by molar-refractivity contribution is 0.330. The van der Waals surface area contributed by atoms with Gasteiger partial charge in [0.25, 0.3) is 6.71 Å². The number of rotatable bonds is 5. The predicted molar refractivity (Wildman–Crippen MR) is 320 cm³/mol. The van der Waals surface area contributed by atoms with Crippen LogP contribution in [-0.2, 0) is 27.1 Å². The summed E-state index contributed by atoms with van der Waals surface area (Å²) in [4.78, 5) is 7.96. The Balaban J connectivity index is 1.26. The van der Waals surface area contributed by atoms with Crippen LogP contribution < -0.4 is 31.1 Å². The second kappa shape index (κ2) is 16.7. The smallest absolute Gasteiger partial charge is 0.252 e. The van der Waals surface area contributed by atoms with Gasteiger partial charge in [-0.2, -0.15) is 0 Å². The number of hydrogen-bond acceptors (Lipinski definition) is 3. The summed E-state index contributed by atoms with van der Waals surface area (Å²) in [5.74, 6) is 0.780. The SMILES string of the molecule is CC(C)C1CCC(C)(C)c2cc3c(cc21)N(c1ccc(C(C)(C)C)cc1-c1ccccc1)c1cc(N2c4ccc(F)cc4C4(C)CCCC24C)cc2c1B3c1cc(C(C)(C)C)ccc1N2c1ccc(C(C)(C)C)cc1. The van der Waals surface area contributed by atoms with Crippen LogP contribution in [0, 0.1) is 11.7 Å². The summed E-state index contributed by atoms with van der Waals surface area (Å²) >= 11 is 0. The highest BCUT2D eigenvalue weighted by molar-refractivity contribution is 7.00. The predicted octanol–water partition coefficient (Wildman–Crippen LogP) is 17.6. The highest BCUT2D eigenvalue weighted by Gasteiger charge is 2.60. The number of hydrogen-bond donors (Lipinski definition) is 0. The van der Waals surface area contributed by atoms with E-state index in [0.717, 1.165) is 48.3 Å². The van der Waals surface area contributed by atoms with E-state index in [1.54, 1.807) is 6.07 Å². The van der Waals surface area contributed by atoms with E-state index in [1.165, 1.54) is 90.2 Å². The number of nitrogens with zero attached hydrogens (tertiary/aromatic N) is 3. The maximum absolute atomic E-state index is 15.7. The fourth-order valence-electron chi connectivity index (χ4n) is 14.7. The average molecular weight is 992 g/mol. The van der Waals surface area contributed by atoms with Gasteiger partial charge in [-0.25, -0.2) is 4.39 Å². The maximum atomic E-state index is 15.7. The van der Waals surface area contributed by atoms with Crippen molar-refractivity contribution in [3.8, 4) is 11.1 Å². The zero-order chi connectivity index (χ0) is 53.1. The Morgan fingerprint density at radius 2 is 1.13 bits per heavy atom. The minimum Gasteiger partial charge on any atom is -0.334 e. The molecular formula is C70H79BFN3. The van der Waals surface area contributed by atoms with Gasteiger partial charge in [0.2, 0.25) is 0 Å². The topological polar surface area (TPSA) is 9.72 Å². The molecule has 3 aliphatic heterocycles. The van der Waals surface area contributed by atoms with Crippen LogP contribution in [0.25, 0.3) is 11.1 Å². The summed E-state index contributed by atoms with van der Waals surface area (Å²) in [5.41, 5.74) is 23.4. The van der Waals surface area contributed by atoms with Crippen LogP contribution in [-0.4, -0.2) is 12.3 Å². The van der Waals surface area contributed by atoms with E-state index >= 15 is 4.39 Å². The van der Waals surface area contributed by atoms with Crippen molar-refractivity contribution in [1.29, 1.82) is 0 Å². The molecular weight excluding hydrogens is 913 g/mol. The molecule has 0 aromatic heterocycles. The van der Waals surface area contributed by atoms with Crippen LogP contribution in [0.4, 0.5) is 49.9 Å². The summed E-state index contributed by atoms with van der Waals surface area (Å²) in [5, 5.41) is 0. The summed E-state index contributed by atoms with van der Waals surface area (Å²) < 4.78 is 15.7. The van der Waals surface area contributed by atoms with E-state index < -0.39 is 0 Å². The van der Waals surface area contributed by atoms with Crippen LogP contribution in [0.5, 0.6) is 0 Å². The molecule has 7 aromatic carbocycles. The molecule has 0 N–H and O–H groups in total. The lowest BCUT2D eigenvalue weighted by Crippen LogP contribution is -2.62. The largest absolute Gasteiger partial charge is 0.334 e. The molecule has 2 aliphatic carbocycles. The summed E-state index contributed by atoms with van der Waals surface area (Å²) in [7, 11) is 0. The molecule has 0 saturated heterocycles. The molecule has 0 spiro atoms. The minimum absolute atomic E-state index is 0.000815. The van der Waals surface area contributed by atoms with E-state index in [4.69, 9.17) is 0 Å². The van der Waals surface area contributed by atoms with Crippen molar-refractivity contribution in [3.05, 3.63) is 173 Å². The van der Waals surface area contributed by atoms with Gasteiger partial charge in [0.15, 0.2) is 0 Å². The molecule has 1 saturated carbocycles. The Kier molecular flexibility index (Phi) is 11.1. The van der Waals surface area contributed by atoms with E-state index in [1.807, 2.05) is 6.07 Å². The first-order chi connectivity index (χ1) is 35.3. The molecule has 3 nitrogen and oxygen atoms in total. The summed E-state index contributed by atoms with van der Waals surface area (Å²) in [6.07, 6.45) is 5.46. The van der Waals surface area contributed by atoms with Gasteiger partial charge in [0.1, 0.15) is 5.82 Å². The van der Waals surface area contributed by atoms with Crippen molar-refractivity contribution in [2.24, 2.45) is 5.92 Å². The first-order valence-electron chi connectivity index (χ1n) is 28.3. The van der Waals surface area contributed by atoms with Crippen molar-refractivity contribution in [2.75, 3.05) is 14.7 Å². The average Bonchev–Trinajstić information content (AvgIpc) is 3.77. The van der Waals surface area contributed by atoms with Gasteiger partial charge in [-0.15, -0.1) is 0 Å². The van der Waals surface area contributed by atoms with Gasteiger partial charge in [-0.05, 0) is 188 Å². The van der Waals surface area contributed by atoms with Crippen molar-refractivity contribution in [1.82, 2.24) is 0 Å².